The van der Waals surface area contributed by atoms with Gasteiger partial charge >= 0.3 is 11.9 Å². The Kier molecular flexibility index (Phi) is 13.5. The van der Waals surface area contributed by atoms with Gasteiger partial charge in [0.05, 0.1) is 24.4 Å². The van der Waals surface area contributed by atoms with E-state index >= 15 is 0 Å². The average Bonchev–Trinajstić information content (AvgIpc) is 3.06. The Labute approximate surface area is 270 Å². The fourth-order valence-electron chi connectivity index (χ4n) is 7.21. The zero-order valence-corrected chi connectivity index (χ0v) is 27.6. The predicted octanol–water partition coefficient (Wildman–Crippen LogP) is 9.23. The molecule has 0 atom stereocenters. The maximum absolute atomic E-state index is 12.8. The van der Waals surface area contributed by atoms with Gasteiger partial charge in [-0.15, -0.1) is 0 Å². The van der Waals surface area contributed by atoms with Crippen LogP contribution in [0.2, 0.25) is 0 Å². The van der Waals surface area contributed by atoms with Gasteiger partial charge in [0.2, 0.25) is 0 Å². The van der Waals surface area contributed by atoms with Gasteiger partial charge in [-0.3, -0.25) is 0 Å². The molecule has 2 aliphatic rings. The Morgan fingerprint density at radius 1 is 0.711 bits per heavy atom. The molecule has 2 aromatic carbocycles. The molecule has 4 rings (SSSR count). The number of rotatable bonds is 15. The summed E-state index contributed by atoms with van der Waals surface area (Å²) in [4.78, 5) is 25.0. The number of methoxy groups -OCH3 is 2. The van der Waals surface area contributed by atoms with Crippen molar-refractivity contribution in [2.45, 2.75) is 89.9 Å². The van der Waals surface area contributed by atoms with Crippen LogP contribution in [0.5, 0.6) is 11.5 Å². The third kappa shape index (κ3) is 9.88. The topological polar surface area (TPSA) is 71.1 Å². The standard InChI is InChI=1S/C39H52O6/c1-6-7-8-9-29-10-12-30(13-11-29)31-14-16-33(17-15-31)36-24-34(20-23-37(36)45-39(41)28(3)26-43-5)32-18-21-35(22-19-32)44-38(40)27(2)25-42-4/h18-24,29-31,33H,2-3,6-17,25-26H2,1,4-5H3. The molecule has 2 aromatic rings. The van der Waals surface area contributed by atoms with Crippen molar-refractivity contribution in [3.8, 4) is 22.6 Å². The Morgan fingerprint density at radius 3 is 1.84 bits per heavy atom. The van der Waals surface area contributed by atoms with Crippen LogP contribution < -0.4 is 9.47 Å². The second-order valence-electron chi connectivity index (χ2n) is 13.0. The van der Waals surface area contributed by atoms with Crippen LogP contribution in [0.4, 0.5) is 0 Å². The number of esters is 2. The quantitative estimate of drug-likeness (QED) is 0.0860. The third-order valence-electron chi connectivity index (χ3n) is 9.81. The molecule has 0 unspecified atom stereocenters. The Hall–Kier alpha value is -3.22. The normalized spacial score (nSPS) is 21.6. The summed E-state index contributed by atoms with van der Waals surface area (Å²) in [5.74, 6) is 2.97. The largest absolute Gasteiger partial charge is 0.423 e. The third-order valence-corrected chi connectivity index (χ3v) is 9.81. The van der Waals surface area contributed by atoms with E-state index in [0.717, 1.165) is 47.3 Å². The molecule has 0 bridgehead atoms. The van der Waals surface area contributed by atoms with Gasteiger partial charge in [0.25, 0.3) is 0 Å². The lowest BCUT2D eigenvalue weighted by molar-refractivity contribution is -0.131. The fourth-order valence-corrected chi connectivity index (χ4v) is 7.21. The minimum atomic E-state index is -0.510. The highest BCUT2D eigenvalue weighted by Crippen LogP contribution is 2.46. The molecule has 6 heteroatoms. The van der Waals surface area contributed by atoms with Crippen LogP contribution in [0.1, 0.15) is 95.5 Å². The van der Waals surface area contributed by atoms with Crippen molar-refractivity contribution in [1.82, 2.24) is 0 Å². The van der Waals surface area contributed by atoms with E-state index in [0.29, 0.717) is 23.0 Å². The molecule has 0 radical (unpaired) electrons. The van der Waals surface area contributed by atoms with Crippen molar-refractivity contribution in [2.75, 3.05) is 27.4 Å². The van der Waals surface area contributed by atoms with Crippen LogP contribution in [0, 0.1) is 17.8 Å². The molecule has 6 nitrogen and oxygen atoms in total. The van der Waals surface area contributed by atoms with Crippen molar-refractivity contribution in [1.29, 1.82) is 0 Å². The van der Waals surface area contributed by atoms with Gasteiger partial charge < -0.3 is 18.9 Å². The zero-order valence-electron chi connectivity index (χ0n) is 27.6. The van der Waals surface area contributed by atoms with E-state index < -0.39 is 11.9 Å². The van der Waals surface area contributed by atoms with Crippen LogP contribution in [0.3, 0.4) is 0 Å². The van der Waals surface area contributed by atoms with E-state index in [9.17, 15) is 9.59 Å². The average molecular weight is 617 g/mol. The predicted molar refractivity (Wildman–Crippen MR) is 179 cm³/mol. The minimum absolute atomic E-state index is 0.123. The first-order chi connectivity index (χ1) is 21.8. The molecule has 2 saturated carbocycles. The fraction of sp³-hybridized carbons (Fsp3) is 0.538. The summed E-state index contributed by atoms with van der Waals surface area (Å²) in [7, 11) is 3.05. The van der Waals surface area contributed by atoms with E-state index in [1.54, 1.807) is 12.1 Å². The number of hydrogen-bond donors (Lipinski definition) is 0. The van der Waals surface area contributed by atoms with Gasteiger partial charge in [0, 0.05) is 14.2 Å². The van der Waals surface area contributed by atoms with Crippen molar-refractivity contribution in [2.24, 2.45) is 17.8 Å². The van der Waals surface area contributed by atoms with Gasteiger partial charge in [0.15, 0.2) is 0 Å². The number of carbonyl (C=O) groups is 2. The van der Waals surface area contributed by atoms with Crippen LogP contribution in [-0.4, -0.2) is 39.4 Å². The monoisotopic (exact) mass is 616 g/mol. The highest BCUT2D eigenvalue weighted by atomic mass is 16.5. The second kappa shape index (κ2) is 17.5. The van der Waals surface area contributed by atoms with E-state index in [2.05, 4.69) is 26.1 Å². The first-order valence-corrected chi connectivity index (χ1v) is 16.8. The highest BCUT2D eigenvalue weighted by molar-refractivity contribution is 5.90. The summed E-state index contributed by atoms with van der Waals surface area (Å²) in [5.41, 5.74) is 3.62. The maximum atomic E-state index is 12.8. The molecule has 2 fully saturated rings. The Bertz CT molecular complexity index is 1280. The van der Waals surface area contributed by atoms with Gasteiger partial charge in [-0.25, -0.2) is 9.59 Å². The summed E-state index contributed by atoms with van der Waals surface area (Å²) in [5, 5.41) is 0. The summed E-state index contributed by atoms with van der Waals surface area (Å²) in [6.07, 6.45) is 15.7. The number of ether oxygens (including phenoxy) is 4. The van der Waals surface area contributed by atoms with Crippen LogP contribution in [-0.2, 0) is 19.1 Å². The molecule has 0 amide bonds. The van der Waals surface area contributed by atoms with Gasteiger partial charge in [-0.05, 0) is 103 Å². The van der Waals surface area contributed by atoms with Crippen LogP contribution in [0.25, 0.3) is 11.1 Å². The van der Waals surface area contributed by atoms with Crippen molar-refractivity contribution in [3.05, 3.63) is 72.3 Å². The number of benzene rings is 2. The Morgan fingerprint density at radius 2 is 1.27 bits per heavy atom. The van der Waals surface area contributed by atoms with Crippen LogP contribution in [0.15, 0.2) is 66.8 Å². The second-order valence-corrected chi connectivity index (χ2v) is 13.0. The summed E-state index contributed by atoms with van der Waals surface area (Å²) < 4.78 is 21.4. The van der Waals surface area contributed by atoms with Gasteiger partial charge in [-0.2, -0.15) is 0 Å². The number of hydrogen-bond acceptors (Lipinski definition) is 6. The number of unbranched alkanes of at least 4 members (excludes halogenated alkanes) is 2. The highest BCUT2D eigenvalue weighted by Gasteiger charge is 2.32. The minimum Gasteiger partial charge on any atom is -0.423 e. The van der Waals surface area contributed by atoms with E-state index in [4.69, 9.17) is 18.9 Å². The molecule has 0 aliphatic heterocycles. The summed E-state index contributed by atoms with van der Waals surface area (Å²) >= 11 is 0. The molecule has 0 saturated heterocycles. The van der Waals surface area contributed by atoms with Crippen molar-refractivity contribution >= 4 is 11.9 Å². The molecular weight excluding hydrogens is 564 g/mol. The van der Waals surface area contributed by atoms with E-state index in [1.165, 1.54) is 78.4 Å². The summed E-state index contributed by atoms with van der Waals surface area (Å²) in [6, 6.07) is 13.5. The maximum Gasteiger partial charge on any atom is 0.341 e. The lowest BCUT2D eigenvalue weighted by atomic mass is 9.67. The lowest BCUT2D eigenvalue weighted by Gasteiger charge is -2.38. The molecule has 0 spiro atoms. The first-order valence-electron chi connectivity index (χ1n) is 16.8. The van der Waals surface area contributed by atoms with Crippen molar-refractivity contribution in [3.63, 3.8) is 0 Å². The molecule has 244 valence electrons. The molecule has 0 N–H and O–H groups in total. The van der Waals surface area contributed by atoms with E-state index in [1.807, 2.05) is 24.3 Å². The van der Waals surface area contributed by atoms with Crippen molar-refractivity contribution < 1.29 is 28.5 Å². The molecular formula is C39H52O6. The zero-order chi connectivity index (χ0) is 32.2. The molecule has 0 aromatic heterocycles. The molecule has 2 aliphatic carbocycles. The Balaban J connectivity index is 1.45. The van der Waals surface area contributed by atoms with Crippen LogP contribution >= 0.6 is 0 Å². The smallest absolute Gasteiger partial charge is 0.341 e. The molecule has 45 heavy (non-hydrogen) atoms. The summed E-state index contributed by atoms with van der Waals surface area (Å²) in [6.45, 7) is 10.1. The first kappa shape index (κ1) is 34.6. The van der Waals surface area contributed by atoms with Gasteiger partial charge in [-0.1, -0.05) is 76.8 Å². The number of carbonyl (C=O) groups excluding carboxylic acids is 2. The molecule has 0 heterocycles. The lowest BCUT2D eigenvalue weighted by Crippen LogP contribution is -2.25. The van der Waals surface area contributed by atoms with E-state index in [-0.39, 0.29) is 18.8 Å². The SMILES string of the molecule is C=C(COC)C(=O)Oc1ccc(-c2ccc(OC(=O)C(=C)COC)c(C3CCC(C4CCC(CCCCC)CC4)CC3)c2)cc1. The van der Waals surface area contributed by atoms with Gasteiger partial charge in [0.1, 0.15) is 11.5 Å².